The van der Waals surface area contributed by atoms with E-state index in [0.717, 1.165) is 6.08 Å². The molecule has 0 spiro atoms. The summed E-state index contributed by atoms with van der Waals surface area (Å²) in [6.07, 6.45) is -5.81. The van der Waals surface area contributed by atoms with E-state index in [2.05, 4.69) is 11.3 Å². The summed E-state index contributed by atoms with van der Waals surface area (Å²) in [6.45, 7) is 1.28. The molecule has 11 heavy (non-hydrogen) atoms. The molecule has 0 aromatic rings. The maximum atomic E-state index is 11.6. The van der Waals surface area contributed by atoms with Gasteiger partial charge in [0.15, 0.2) is 6.10 Å². The molecule has 0 aliphatic rings. The molecule has 66 valence electrons. The monoisotopic (exact) mass is 172 g/mol. The minimum atomic E-state index is -4.63. The van der Waals surface area contributed by atoms with E-state index in [1.54, 1.807) is 0 Å². The minimum absolute atomic E-state index is 0.298. The Morgan fingerprint density at radius 2 is 2.00 bits per heavy atom. The molecule has 0 N–H and O–H groups in total. The lowest BCUT2D eigenvalue weighted by Crippen LogP contribution is -2.33. The van der Waals surface area contributed by atoms with E-state index < -0.39 is 19.0 Å². The third kappa shape index (κ3) is 3.98. The van der Waals surface area contributed by atoms with Crippen molar-refractivity contribution in [1.29, 1.82) is 0 Å². The fraction of sp³-hybridized carbons (Fsp3) is 0.667. The molecular formula is C6H8F4O. The Morgan fingerprint density at radius 3 is 2.27 bits per heavy atom. The van der Waals surface area contributed by atoms with Crippen molar-refractivity contribution in [2.75, 3.05) is 13.3 Å². The van der Waals surface area contributed by atoms with Crippen LogP contribution < -0.4 is 0 Å². The molecule has 0 rings (SSSR count). The third-order valence-electron chi connectivity index (χ3n) is 0.920. The second-order valence-electron chi connectivity index (χ2n) is 1.81. The van der Waals surface area contributed by atoms with Crippen molar-refractivity contribution in [3.05, 3.63) is 12.7 Å². The first-order valence-corrected chi connectivity index (χ1v) is 2.87. The largest absolute Gasteiger partial charge is 0.417 e. The second-order valence-corrected chi connectivity index (χ2v) is 1.81. The SMILES string of the molecule is C=CCOC(CF)C(F)(F)F. The molecular weight excluding hydrogens is 164 g/mol. The Kier molecular flexibility index (Phi) is 4.10. The fourth-order valence-corrected chi connectivity index (χ4v) is 0.411. The molecule has 0 aromatic carbocycles. The molecule has 5 heteroatoms. The standard InChI is InChI=1S/C6H8F4O/c1-2-3-11-5(4-7)6(8,9)10/h2,5H,1,3-4H2. The van der Waals surface area contributed by atoms with E-state index in [0.29, 0.717) is 0 Å². The van der Waals surface area contributed by atoms with Crippen LogP contribution in [0.1, 0.15) is 0 Å². The molecule has 0 aromatic heterocycles. The minimum Gasteiger partial charge on any atom is -0.362 e. The van der Waals surface area contributed by atoms with Crippen molar-refractivity contribution >= 4 is 0 Å². The summed E-state index contributed by atoms with van der Waals surface area (Å²) in [4.78, 5) is 0. The predicted molar refractivity (Wildman–Crippen MR) is 32.0 cm³/mol. The van der Waals surface area contributed by atoms with Crippen LogP contribution >= 0.6 is 0 Å². The van der Waals surface area contributed by atoms with Gasteiger partial charge < -0.3 is 4.74 Å². The average molecular weight is 172 g/mol. The van der Waals surface area contributed by atoms with Gasteiger partial charge in [0, 0.05) is 0 Å². The summed E-state index contributed by atoms with van der Waals surface area (Å²) < 4.78 is 50.6. The normalized spacial score (nSPS) is 14.5. The van der Waals surface area contributed by atoms with Gasteiger partial charge in [-0.05, 0) is 0 Å². The van der Waals surface area contributed by atoms with Crippen molar-refractivity contribution in [3.8, 4) is 0 Å². The third-order valence-corrected chi connectivity index (χ3v) is 0.920. The Morgan fingerprint density at radius 1 is 1.45 bits per heavy atom. The molecule has 1 unspecified atom stereocenters. The average Bonchev–Trinajstić information content (AvgIpc) is 1.87. The van der Waals surface area contributed by atoms with Gasteiger partial charge in [-0.25, -0.2) is 4.39 Å². The van der Waals surface area contributed by atoms with Crippen LogP contribution in [0.5, 0.6) is 0 Å². The van der Waals surface area contributed by atoms with Gasteiger partial charge in [0.25, 0.3) is 0 Å². The smallest absolute Gasteiger partial charge is 0.362 e. The highest BCUT2D eigenvalue weighted by atomic mass is 19.4. The van der Waals surface area contributed by atoms with Gasteiger partial charge in [0.2, 0.25) is 0 Å². The molecule has 0 aliphatic carbocycles. The van der Waals surface area contributed by atoms with Gasteiger partial charge in [-0.15, -0.1) is 6.58 Å². The van der Waals surface area contributed by atoms with E-state index in [1.165, 1.54) is 0 Å². The maximum Gasteiger partial charge on any atom is 0.417 e. The molecule has 0 saturated carbocycles. The van der Waals surface area contributed by atoms with Gasteiger partial charge in [-0.3, -0.25) is 0 Å². The topological polar surface area (TPSA) is 9.23 Å². The first-order valence-electron chi connectivity index (χ1n) is 2.87. The summed E-state index contributed by atoms with van der Waals surface area (Å²) in [5.41, 5.74) is 0. The fourth-order valence-electron chi connectivity index (χ4n) is 0.411. The van der Waals surface area contributed by atoms with E-state index in [-0.39, 0.29) is 6.61 Å². The van der Waals surface area contributed by atoms with Crippen molar-refractivity contribution in [3.63, 3.8) is 0 Å². The zero-order chi connectivity index (χ0) is 8.91. The number of alkyl halides is 4. The van der Waals surface area contributed by atoms with Crippen LogP contribution in [0.25, 0.3) is 0 Å². The van der Waals surface area contributed by atoms with Crippen LogP contribution in [0.4, 0.5) is 17.6 Å². The van der Waals surface area contributed by atoms with E-state index in [4.69, 9.17) is 0 Å². The summed E-state index contributed by atoms with van der Waals surface area (Å²) in [5, 5.41) is 0. The van der Waals surface area contributed by atoms with Crippen LogP contribution in [-0.4, -0.2) is 25.6 Å². The van der Waals surface area contributed by atoms with Gasteiger partial charge in [-0.2, -0.15) is 13.2 Å². The molecule has 0 radical (unpaired) electrons. The van der Waals surface area contributed by atoms with Crippen LogP contribution in [-0.2, 0) is 4.74 Å². The van der Waals surface area contributed by atoms with E-state index in [1.807, 2.05) is 0 Å². The van der Waals surface area contributed by atoms with Crippen LogP contribution in [0.15, 0.2) is 12.7 Å². The van der Waals surface area contributed by atoms with Crippen LogP contribution in [0.2, 0.25) is 0 Å². The molecule has 0 heterocycles. The highest BCUT2D eigenvalue weighted by Gasteiger charge is 2.40. The van der Waals surface area contributed by atoms with E-state index in [9.17, 15) is 17.6 Å². The highest BCUT2D eigenvalue weighted by molar-refractivity contribution is 4.71. The number of rotatable bonds is 4. The molecule has 0 bridgehead atoms. The summed E-state index contributed by atoms with van der Waals surface area (Å²) in [6, 6.07) is 0. The van der Waals surface area contributed by atoms with Crippen LogP contribution in [0.3, 0.4) is 0 Å². The quantitative estimate of drug-likeness (QED) is 0.466. The summed E-state index contributed by atoms with van der Waals surface area (Å²) in [5.74, 6) is 0. The summed E-state index contributed by atoms with van der Waals surface area (Å²) in [7, 11) is 0. The number of hydrogen-bond acceptors (Lipinski definition) is 1. The van der Waals surface area contributed by atoms with Gasteiger partial charge >= 0.3 is 6.18 Å². The molecule has 0 fully saturated rings. The number of ether oxygens (including phenoxy) is 1. The summed E-state index contributed by atoms with van der Waals surface area (Å²) >= 11 is 0. The van der Waals surface area contributed by atoms with Crippen molar-refractivity contribution < 1.29 is 22.3 Å². The Hall–Kier alpha value is -0.580. The number of hydrogen-bond donors (Lipinski definition) is 0. The zero-order valence-electron chi connectivity index (χ0n) is 5.70. The molecule has 0 saturated heterocycles. The van der Waals surface area contributed by atoms with Crippen molar-refractivity contribution in [2.24, 2.45) is 0 Å². The Labute approximate surface area is 61.7 Å². The lowest BCUT2D eigenvalue weighted by Gasteiger charge is -2.16. The Balaban J connectivity index is 3.85. The number of halogens is 4. The van der Waals surface area contributed by atoms with Gasteiger partial charge in [0.05, 0.1) is 6.61 Å². The van der Waals surface area contributed by atoms with E-state index >= 15 is 0 Å². The predicted octanol–water partition coefficient (Wildman–Crippen LogP) is 2.09. The maximum absolute atomic E-state index is 11.6. The highest BCUT2D eigenvalue weighted by Crippen LogP contribution is 2.22. The lowest BCUT2D eigenvalue weighted by atomic mass is 10.4. The lowest BCUT2D eigenvalue weighted by molar-refractivity contribution is -0.220. The zero-order valence-corrected chi connectivity index (χ0v) is 5.70. The second kappa shape index (κ2) is 4.33. The molecule has 0 amide bonds. The molecule has 1 atom stereocenters. The van der Waals surface area contributed by atoms with Gasteiger partial charge in [-0.1, -0.05) is 6.08 Å². The van der Waals surface area contributed by atoms with Crippen molar-refractivity contribution in [2.45, 2.75) is 12.3 Å². The van der Waals surface area contributed by atoms with Crippen LogP contribution in [0, 0.1) is 0 Å². The first-order chi connectivity index (χ1) is 5.02. The first kappa shape index (κ1) is 10.4. The molecule has 0 aliphatic heterocycles. The Bertz CT molecular complexity index is 120. The molecule has 1 nitrogen and oxygen atoms in total. The van der Waals surface area contributed by atoms with Crippen molar-refractivity contribution in [1.82, 2.24) is 0 Å². The van der Waals surface area contributed by atoms with Gasteiger partial charge in [0.1, 0.15) is 6.67 Å².